The lowest BCUT2D eigenvalue weighted by molar-refractivity contribution is -0.123. The highest BCUT2D eigenvalue weighted by Gasteiger charge is 2.55. The highest BCUT2D eigenvalue weighted by atomic mass is 19.1. The molecular weight excluding hydrogens is 431 g/mol. The van der Waals surface area contributed by atoms with Crippen molar-refractivity contribution in [3.63, 3.8) is 0 Å². The van der Waals surface area contributed by atoms with E-state index in [2.05, 4.69) is 20.5 Å². The van der Waals surface area contributed by atoms with Crippen LogP contribution in [0.3, 0.4) is 0 Å². The molecule has 2 atom stereocenters. The van der Waals surface area contributed by atoms with Crippen LogP contribution in [0.5, 0.6) is 5.75 Å². The van der Waals surface area contributed by atoms with Gasteiger partial charge in [0.1, 0.15) is 18.1 Å². The Morgan fingerprint density at radius 2 is 1.91 bits per heavy atom. The van der Waals surface area contributed by atoms with Gasteiger partial charge >= 0.3 is 0 Å². The maximum atomic E-state index is 13.6. The van der Waals surface area contributed by atoms with Gasteiger partial charge in [-0.1, -0.05) is 16.4 Å². The van der Waals surface area contributed by atoms with Crippen molar-refractivity contribution < 1.29 is 23.2 Å². The number of rotatable bonds is 6. The third-order valence-electron chi connectivity index (χ3n) is 5.17. The molecule has 1 fully saturated rings. The number of halogens is 1. The second kappa shape index (κ2) is 8.08. The van der Waals surface area contributed by atoms with E-state index in [9.17, 15) is 14.0 Å². The summed E-state index contributed by atoms with van der Waals surface area (Å²) < 4.78 is 24.6. The SMILES string of the molecule is CC(C)Oc1ccc(-c2noc(CN3N=N[C@H]4C(=O)N(c5cccc(F)c5)C(=O)[C@H]43)n2)cc1. The van der Waals surface area contributed by atoms with Gasteiger partial charge in [-0.05, 0) is 56.3 Å². The van der Waals surface area contributed by atoms with E-state index in [1.807, 2.05) is 38.1 Å². The summed E-state index contributed by atoms with van der Waals surface area (Å²) in [5.74, 6) is -0.350. The third-order valence-corrected chi connectivity index (χ3v) is 5.17. The molecule has 10 nitrogen and oxygen atoms in total. The number of fused-ring (bicyclic) bond motifs is 1. The van der Waals surface area contributed by atoms with E-state index >= 15 is 0 Å². The molecule has 0 spiro atoms. The van der Waals surface area contributed by atoms with Crippen molar-refractivity contribution in [3.8, 4) is 17.1 Å². The van der Waals surface area contributed by atoms with Crippen LogP contribution in [0.4, 0.5) is 10.1 Å². The zero-order chi connectivity index (χ0) is 23.1. The molecule has 2 amide bonds. The smallest absolute Gasteiger partial charge is 0.263 e. The van der Waals surface area contributed by atoms with E-state index in [1.165, 1.54) is 23.2 Å². The number of carbonyl (C=O) groups excluding carboxylic acids is 2. The summed E-state index contributed by atoms with van der Waals surface area (Å²) in [6, 6.07) is 10.6. The fourth-order valence-corrected chi connectivity index (χ4v) is 3.75. The Hall–Kier alpha value is -4.15. The van der Waals surface area contributed by atoms with Crippen LogP contribution in [0.15, 0.2) is 63.4 Å². The number of hydrogen-bond acceptors (Lipinski definition) is 9. The Balaban J connectivity index is 1.31. The van der Waals surface area contributed by atoms with E-state index in [1.54, 1.807) is 0 Å². The average Bonchev–Trinajstić information content (AvgIpc) is 3.47. The van der Waals surface area contributed by atoms with Crippen molar-refractivity contribution in [1.82, 2.24) is 15.1 Å². The van der Waals surface area contributed by atoms with Crippen molar-refractivity contribution in [2.45, 2.75) is 38.6 Å². The molecule has 0 bridgehead atoms. The van der Waals surface area contributed by atoms with Crippen LogP contribution in [0.1, 0.15) is 19.7 Å². The summed E-state index contributed by atoms with van der Waals surface area (Å²) in [5.41, 5.74) is 0.881. The standard InChI is InChI=1S/C22H19FN6O4/c1-12(2)32-16-8-6-13(7-9-16)20-24-17(33-26-20)11-28-19-18(25-27-28)21(30)29(22(19)31)15-5-3-4-14(23)10-15/h3-10,12,18-19H,11H2,1-2H3/t18-,19+/m1/s1. The average molecular weight is 450 g/mol. The van der Waals surface area contributed by atoms with Gasteiger partial charge in [0, 0.05) is 5.56 Å². The number of carbonyl (C=O) groups is 2. The van der Waals surface area contributed by atoms with Crippen LogP contribution in [0, 0.1) is 5.82 Å². The van der Waals surface area contributed by atoms with Crippen LogP contribution in [-0.4, -0.2) is 45.2 Å². The Morgan fingerprint density at radius 3 is 2.64 bits per heavy atom. The zero-order valence-electron chi connectivity index (χ0n) is 17.8. The molecule has 0 N–H and O–H groups in total. The first-order valence-corrected chi connectivity index (χ1v) is 10.3. The fourth-order valence-electron chi connectivity index (χ4n) is 3.75. The minimum atomic E-state index is -1.00. The first-order valence-electron chi connectivity index (χ1n) is 10.3. The maximum absolute atomic E-state index is 13.6. The number of anilines is 1. The minimum Gasteiger partial charge on any atom is -0.491 e. The van der Waals surface area contributed by atoms with Crippen molar-refractivity contribution >= 4 is 17.5 Å². The second-order valence-electron chi connectivity index (χ2n) is 7.89. The maximum Gasteiger partial charge on any atom is 0.263 e. The number of imide groups is 1. The van der Waals surface area contributed by atoms with Crippen molar-refractivity contribution in [3.05, 3.63) is 60.2 Å². The summed E-state index contributed by atoms with van der Waals surface area (Å²) in [6.45, 7) is 3.88. The predicted octanol–water partition coefficient (Wildman–Crippen LogP) is 3.16. The van der Waals surface area contributed by atoms with Crippen molar-refractivity contribution in [2.24, 2.45) is 10.3 Å². The van der Waals surface area contributed by atoms with Crippen molar-refractivity contribution in [2.75, 3.05) is 4.90 Å². The van der Waals surface area contributed by atoms with Gasteiger partial charge in [0.25, 0.3) is 11.8 Å². The van der Waals surface area contributed by atoms with Gasteiger partial charge in [0.15, 0.2) is 12.1 Å². The quantitative estimate of drug-likeness (QED) is 0.530. The molecular formula is C22H19FN6O4. The van der Waals surface area contributed by atoms with Crippen molar-refractivity contribution in [1.29, 1.82) is 0 Å². The zero-order valence-corrected chi connectivity index (χ0v) is 17.8. The summed E-state index contributed by atoms with van der Waals surface area (Å²) in [6.07, 6.45) is 0.0631. The summed E-state index contributed by atoms with van der Waals surface area (Å²) in [5, 5.41) is 13.2. The van der Waals surface area contributed by atoms with Gasteiger partial charge in [-0.25, -0.2) is 9.29 Å². The Kier molecular flexibility index (Phi) is 5.08. The molecule has 33 heavy (non-hydrogen) atoms. The molecule has 168 valence electrons. The molecule has 1 saturated heterocycles. The van der Waals surface area contributed by atoms with Crippen LogP contribution in [-0.2, 0) is 16.1 Å². The van der Waals surface area contributed by atoms with Gasteiger partial charge < -0.3 is 9.26 Å². The summed E-state index contributed by atoms with van der Waals surface area (Å²) >= 11 is 0. The third kappa shape index (κ3) is 3.81. The normalized spacial score (nSPS) is 19.6. The van der Waals surface area contributed by atoms with Gasteiger partial charge in [0.05, 0.1) is 11.8 Å². The van der Waals surface area contributed by atoms with Crippen LogP contribution in [0.25, 0.3) is 11.4 Å². The van der Waals surface area contributed by atoms with Crippen LogP contribution < -0.4 is 9.64 Å². The number of nitrogens with zero attached hydrogens (tertiary/aromatic N) is 6. The number of benzene rings is 2. The Morgan fingerprint density at radius 1 is 1.12 bits per heavy atom. The number of aromatic nitrogens is 2. The largest absolute Gasteiger partial charge is 0.491 e. The second-order valence-corrected chi connectivity index (χ2v) is 7.89. The molecule has 5 rings (SSSR count). The summed E-state index contributed by atoms with van der Waals surface area (Å²) in [4.78, 5) is 31.0. The number of ether oxygens (including phenoxy) is 1. The van der Waals surface area contributed by atoms with Gasteiger partial charge in [-0.3, -0.25) is 14.6 Å². The molecule has 0 unspecified atom stereocenters. The molecule has 0 aliphatic carbocycles. The lowest BCUT2D eigenvalue weighted by atomic mass is 10.1. The van der Waals surface area contributed by atoms with E-state index in [-0.39, 0.29) is 24.2 Å². The van der Waals surface area contributed by atoms with Gasteiger partial charge in [-0.2, -0.15) is 10.1 Å². The molecule has 0 saturated carbocycles. The Labute approximate surface area is 187 Å². The predicted molar refractivity (Wildman–Crippen MR) is 112 cm³/mol. The molecule has 11 heteroatoms. The highest BCUT2D eigenvalue weighted by molar-refractivity contribution is 6.25. The van der Waals surface area contributed by atoms with E-state index in [0.717, 1.165) is 22.3 Å². The monoisotopic (exact) mass is 450 g/mol. The van der Waals surface area contributed by atoms with Gasteiger partial charge in [-0.15, -0.1) is 0 Å². The fraction of sp³-hybridized carbons (Fsp3) is 0.273. The molecule has 0 radical (unpaired) electrons. The lowest BCUT2D eigenvalue weighted by Crippen LogP contribution is -2.39. The van der Waals surface area contributed by atoms with E-state index in [0.29, 0.717) is 5.82 Å². The topological polar surface area (TPSA) is 113 Å². The Bertz CT molecular complexity index is 1240. The highest BCUT2D eigenvalue weighted by Crippen LogP contribution is 2.33. The number of amides is 2. The van der Waals surface area contributed by atoms with Crippen LogP contribution >= 0.6 is 0 Å². The lowest BCUT2D eigenvalue weighted by Gasteiger charge is -2.19. The van der Waals surface area contributed by atoms with Gasteiger partial charge in [0.2, 0.25) is 11.7 Å². The molecule has 3 heterocycles. The minimum absolute atomic E-state index is 0.0117. The molecule has 2 aliphatic heterocycles. The first-order chi connectivity index (χ1) is 15.9. The first kappa shape index (κ1) is 20.7. The molecule has 1 aromatic heterocycles. The molecule has 3 aromatic rings. The van der Waals surface area contributed by atoms with Crippen LogP contribution in [0.2, 0.25) is 0 Å². The van der Waals surface area contributed by atoms with E-state index < -0.39 is 29.7 Å². The molecule has 2 aromatic carbocycles. The summed E-state index contributed by atoms with van der Waals surface area (Å²) in [7, 11) is 0. The number of hydrogen-bond donors (Lipinski definition) is 0. The molecule has 2 aliphatic rings. The van der Waals surface area contributed by atoms with E-state index in [4.69, 9.17) is 9.26 Å².